The van der Waals surface area contributed by atoms with Gasteiger partial charge in [-0.05, 0) is 43.0 Å². The van der Waals surface area contributed by atoms with Crippen molar-refractivity contribution in [3.05, 3.63) is 58.8 Å². The van der Waals surface area contributed by atoms with Crippen LogP contribution in [0.2, 0.25) is 0 Å². The Kier molecular flexibility index (Phi) is 6.65. The molecule has 1 fully saturated rings. The number of hydrogen-bond acceptors (Lipinski definition) is 5. The standard InChI is InChI=1S/C19H25N5O4S/c1-29(27,28)21-13-17-8-2-3-11-24(17)19(26)22-16-7-4-6-15(12-16)14-23-10-5-9-20-18(23)25/h4-7,9-10,12,17,21H,2-3,8,11,13-14H2,1H3,(H,22,26). The Morgan fingerprint density at radius 2 is 2.10 bits per heavy atom. The molecule has 1 unspecified atom stereocenters. The highest BCUT2D eigenvalue weighted by Gasteiger charge is 2.27. The van der Waals surface area contributed by atoms with E-state index in [9.17, 15) is 18.0 Å². The topological polar surface area (TPSA) is 113 Å². The number of piperidine rings is 1. The van der Waals surface area contributed by atoms with Gasteiger partial charge < -0.3 is 10.2 Å². The molecule has 1 aliphatic heterocycles. The van der Waals surface area contributed by atoms with Gasteiger partial charge in [0.2, 0.25) is 10.0 Å². The van der Waals surface area contributed by atoms with E-state index in [0.717, 1.165) is 31.1 Å². The summed E-state index contributed by atoms with van der Waals surface area (Å²) in [6.07, 6.45) is 6.80. The molecular weight excluding hydrogens is 394 g/mol. The quantitative estimate of drug-likeness (QED) is 0.731. The predicted molar refractivity (Wildman–Crippen MR) is 110 cm³/mol. The van der Waals surface area contributed by atoms with Gasteiger partial charge in [0.25, 0.3) is 0 Å². The molecule has 1 aromatic heterocycles. The van der Waals surface area contributed by atoms with Gasteiger partial charge in [-0.15, -0.1) is 0 Å². The van der Waals surface area contributed by atoms with Gasteiger partial charge in [-0.1, -0.05) is 12.1 Å². The first kappa shape index (κ1) is 21.0. The number of sulfonamides is 1. The Morgan fingerprint density at radius 3 is 2.86 bits per heavy atom. The molecule has 156 valence electrons. The van der Waals surface area contributed by atoms with Crippen LogP contribution in [-0.4, -0.2) is 54.3 Å². The molecular formula is C19H25N5O4S. The van der Waals surface area contributed by atoms with E-state index in [-0.39, 0.29) is 24.3 Å². The van der Waals surface area contributed by atoms with Crippen LogP contribution in [0.3, 0.4) is 0 Å². The fourth-order valence-electron chi connectivity index (χ4n) is 3.37. The number of carbonyl (C=O) groups excluding carboxylic acids is 1. The average Bonchev–Trinajstić information content (AvgIpc) is 2.68. The first-order valence-corrected chi connectivity index (χ1v) is 11.3. The Morgan fingerprint density at radius 1 is 1.28 bits per heavy atom. The van der Waals surface area contributed by atoms with Crippen molar-refractivity contribution in [1.82, 2.24) is 19.2 Å². The Labute approximate surface area is 169 Å². The fourth-order valence-corrected chi connectivity index (χ4v) is 3.87. The first-order valence-electron chi connectivity index (χ1n) is 9.44. The molecule has 10 heteroatoms. The third-order valence-corrected chi connectivity index (χ3v) is 5.47. The van der Waals surface area contributed by atoms with E-state index in [1.807, 2.05) is 18.2 Å². The molecule has 0 radical (unpaired) electrons. The van der Waals surface area contributed by atoms with Gasteiger partial charge in [0.1, 0.15) is 0 Å². The highest BCUT2D eigenvalue weighted by atomic mass is 32.2. The molecule has 1 saturated heterocycles. The van der Waals surface area contributed by atoms with Crippen molar-refractivity contribution in [3.63, 3.8) is 0 Å². The molecule has 2 heterocycles. The van der Waals surface area contributed by atoms with Gasteiger partial charge in [-0.25, -0.2) is 27.7 Å². The third kappa shape index (κ3) is 6.13. The number of benzene rings is 1. The number of hydrogen-bond donors (Lipinski definition) is 2. The number of nitrogens with zero attached hydrogens (tertiary/aromatic N) is 3. The monoisotopic (exact) mass is 419 g/mol. The van der Waals surface area contributed by atoms with Crippen molar-refractivity contribution in [3.8, 4) is 0 Å². The van der Waals surface area contributed by atoms with Crippen molar-refractivity contribution >= 4 is 21.7 Å². The summed E-state index contributed by atoms with van der Waals surface area (Å²) in [6, 6.07) is 8.51. The van der Waals surface area contributed by atoms with E-state index in [4.69, 9.17) is 0 Å². The van der Waals surface area contributed by atoms with E-state index >= 15 is 0 Å². The molecule has 1 aromatic carbocycles. The third-order valence-electron chi connectivity index (χ3n) is 4.78. The predicted octanol–water partition coefficient (Wildman–Crippen LogP) is 1.23. The second-order valence-corrected chi connectivity index (χ2v) is 8.96. The van der Waals surface area contributed by atoms with Crippen molar-refractivity contribution < 1.29 is 13.2 Å². The van der Waals surface area contributed by atoms with Gasteiger partial charge >= 0.3 is 11.7 Å². The van der Waals surface area contributed by atoms with Crippen molar-refractivity contribution in [2.45, 2.75) is 31.8 Å². The second-order valence-electron chi connectivity index (χ2n) is 7.12. The summed E-state index contributed by atoms with van der Waals surface area (Å²) >= 11 is 0. The van der Waals surface area contributed by atoms with Crippen LogP contribution in [0.5, 0.6) is 0 Å². The van der Waals surface area contributed by atoms with Gasteiger partial charge in [0, 0.05) is 37.2 Å². The lowest BCUT2D eigenvalue weighted by Crippen LogP contribution is -2.50. The highest BCUT2D eigenvalue weighted by Crippen LogP contribution is 2.19. The largest absolute Gasteiger partial charge is 0.347 e. The maximum Gasteiger partial charge on any atom is 0.347 e. The van der Waals surface area contributed by atoms with Crippen molar-refractivity contribution in [2.75, 3.05) is 24.7 Å². The molecule has 0 bridgehead atoms. The number of aromatic nitrogens is 2. The smallest absolute Gasteiger partial charge is 0.320 e. The lowest BCUT2D eigenvalue weighted by molar-refractivity contribution is 0.164. The number of urea groups is 1. The van der Waals surface area contributed by atoms with Crippen LogP contribution in [0.1, 0.15) is 24.8 Å². The Bertz CT molecular complexity index is 1020. The van der Waals surface area contributed by atoms with Gasteiger partial charge in [-0.2, -0.15) is 0 Å². The van der Waals surface area contributed by atoms with Crippen LogP contribution in [0.4, 0.5) is 10.5 Å². The number of nitrogens with one attached hydrogen (secondary N) is 2. The summed E-state index contributed by atoms with van der Waals surface area (Å²) in [5, 5.41) is 2.89. The zero-order chi connectivity index (χ0) is 20.9. The number of carbonyl (C=O) groups is 1. The second kappa shape index (κ2) is 9.19. The number of anilines is 1. The highest BCUT2D eigenvalue weighted by molar-refractivity contribution is 7.88. The molecule has 0 aliphatic carbocycles. The summed E-state index contributed by atoms with van der Waals surface area (Å²) in [5.74, 6) is 0. The average molecular weight is 420 g/mol. The molecule has 3 rings (SSSR count). The SMILES string of the molecule is CS(=O)(=O)NCC1CCCCN1C(=O)Nc1cccc(Cn2cccnc2=O)c1. The van der Waals surface area contributed by atoms with Crippen LogP contribution in [0, 0.1) is 0 Å². The zero-order valence-corrected chi connectivity index (χ0v) is 17.1. The molecule has 0 spiro atoms. The van der Waals surface area contributed by atoms with Crippen LogP contribution in [0.25, 0.3) is 0 Å². The van der Waals surface area contributed by atoms with Crippen LogP contribution in [-0.2, 0) is 16.6 Å². The van der Waals surface area contributed by atoms with E-state index < -0.39 is 10.0 Å². The molecule has 9 nitrogen and oxygen atoms in total. The molecule has 29 heavy (non-hydrogen) atoms. The lowest BCUT2D eigenvalue weighted by Gasteiger charge is -2.35. The van der Waals surface area contributed by atoms with E-state index in [2.05, 4.69) is 15.0 Å². The molecule has 2 aromatic rings. The number of likely N-dealkylation sites (tertiary alicyclic amines) is 1. The van der Waals surface area contributed by atoms with Gasteiger partial charge in [0.05, 0.1) is 12.8 Å². The van der Waals surface area contributed by atoms with Gasteiger partial charge in [-0.3, -0.25) is 4.57 Å². The molecule has 2 amide bonds. The summed E-state index contributed by atoms with van der Waals surface area (Å²) in [6.45, 7) is 1.13. The maximum absolute atomic E-state index is 12.8. The number of rotatable bonds is 6. The molecule has 2 N–H and O–H groups in total. The number of amides is 2. The van der Waals surface area contributed by atoms with E-state index in [1.54, 1.807) is 23.2 Å². The zero-order valence-electron chi connectivity index (χ0n) is 16.2. The minimum absolute atomic E-state index is 0.185. The Hall–Kier alpha value is -2.72. The van der Waals surface area contributed by atoms with Crippen molar-refractivity contribution in [2.24, 2.45) is 0 Å². The lowest BCUT2D eigenvalue weighted by atomic mass is 10.0. The minimum Gasteiger partial charge on any atom is -0.320 e. The first-order chi connectivity index (χ1) is 13.8. The summed E-state index contributed by atoms with van der Waals surface area (Å²) in [4.78, 5) is 30.0. The molecule has 1 atom stereocenters. The van der Waals surface area contributed by atoms with E-state index in [0.29, 0.717) is 18.8 Å². The maximum atomic E-state index is 12.8. The van der Waals surface area contributed by atoms with Crippen LogP contribution >= 0.6 is 0 Å². The normalized spacial score (nSPS) is 17.1. The summed E-state index contributed by atoms with van der Waals surface area (Å²) in [5.41, 5.74) is 1.13. The van der Waals surface area contributed by atoms with Gasteiger partial charge in [0.15, 0.2) is 0 Å². The molecule has 1 aliphatic rings. The fraction of sp³-hybridized carbons (Fsp3) is 0.421. The van der Waals surface area contributed by atoms with Crippen molar-refractivity contribution in [1.29, 1.82) is 0 Å². The molecule has 0 saturated carbocycles. The summed E-state index contributed by atoms with van der Waals surface area (Å²) in [7, 11) is -3.31. The summed E-state index contributed by atoms with van der Waals surface area (Å²) < 4.78 is 26.8. The van der Waals surface area contributed by atoms with E-state index in [1.165, 1.54) is 10.8 Å². The Balaban J connectivity index is 1.67. The van der Waals surface area contributed by atoms with Crippen LogP contribution < -0.4 is 15.7 Å². The minimum atomic E-state index is -3.31. The van der Waals surface area contributed by atoms with Crippen LogP contribution in [0.15, 0.2) is 47.5 Å².